The fourth-order valence-corrected chi connectivity index (χ4v) is 6.62. The number of rotatable bonds is 21. The van der Waals surface area contributed by atoms with E-state index in [0.717, 1.165) is 34.8 Å². The number of ether oxygens (including phenoxy) is 1. The summed E-state index contributed by atoms with van der Waals surface area (Å²) in [5.41, 5.74) is 2.75. The minimum atomic E-state index is -0.680. The second-order valence-corrected chi connectivity index (χ2v) is 13.9. The van der Waals surface area contributed by atoms with Gasteiger partial charge in [0.1, 0.15) is 5.60 Å². The second kappa shape index (κ2) is 20.2. The molecule has 0 N–H and O–H groups in total. The van der Waals surface area contributed by atoms with Gasteiger partial charge in [-0.05, 0) is 30.0 Å². The Morgan fingerprint density at radius 3 is 1.43 bits per heavy atom. The zero-order valence-corrected chi connectivity index (χ0v) is 29.0. The molecule has 0 aliphatic carbocycles. The van der Waals surface area contributed by atoms with Crippen LogP contribution in [0.3, 0.4) is 0 Å². The van der Waals surface area contributed by atoms with Crippen molar-refractivity contribution in [3.8, 4) is 0 Å². The van der Waals surface area contributed by atoms with E-state index in [1.165, 1.54) is 77.0 Å². The van der Waals surface area contributed by atoms with Crippen molar-refractivity contribution in [2.45, 2.75) is 100 Å². The molecule has 0 amide bonds. The normalized spacial score (nSPS) is 12.3. The monoisotopic (exact) mass is 697 g/mol. The SMILES string of the molecule is CCCCCCCCCCCCCCN(CC(I)COC(c1ccccc1)(c1ccccc1)c1ccccc1)C(C)=S. The summed E-state index contributed by atoms with van der Waals surface area (Å²) in [6.45, 7) is 6.92. The average molecular weight is 698 g/mol. The van der Waals surface area contributed by atoms with Crippen LogP contribution < -0.4 is 0 Å². The highest BCUT2D eigenvalue weighted by Gasteiger charge is 2.38. The van der Waals surface area contributed by atoms with E-state index in [1.807, 2.05) is 0 Å². The molecule has 0 saturated carbocycles. The predicted molar refractivity (Wildman–Crippen MR) is 194 cm³/mol. The van der Waals surface area contributed by atoms with Gasteiger partial charge in [0.05, 0.1) is 15.5 Å². The van der Waals surface area contributed by atoms with E-state index >= 15 is 0 Å². The van der Waals surface area contributed by atoms with Crippen LogP contribution >= 0.6 is 34.8 Å². The van der Waals surface area contributed by atoms with Gasteiger partial charge in [0, 0.05) is 13.1 Å². The molecule has 2 nitrogen and oxygen atoms in total. The zero-order chi connectivity index (χ0) is 29.9. The summed E-state index contributed by atoms with van der Waals surface area (Å²) in [5.74, 6) is 0. The summed E-state index contributed by atoms with van der Waals surface area (Å²) < 4.78 is 7.37. The summed E-state index contributed by atoms with van der Waals surface area (Å²) in [4.78, 5) is 3.38. The molecule has 1 unspecified atom stereocenters. The molecule has 0 heterocycles. The van der Waals surface area contributed by atoms with E-state index in [2.05, 4.69) is 132 Å². The average Bonchev–Trinajstić information content (AvgIpc) is 3.03. The summed E-state index contributed by atoms with van der Waals surface area (Å²) in [7, 11) is 0. The fourth-order valence-electron chi connectivity index (χ4n) is 5.80. The van der Waals surface area contributed by atoms with Gasteiger partial charge in [-0.2, -0.15) is 0 Å². The van der Waals surface area contributed by atoms with Gasteiger partial charge in [-0.25, -0.2) is 0 Å². The highest BCUT2D eigenvalue weighted by Crippen LogP contribution is 2.40. The summed E-state index contributed by atoms with van der Waals surface area (Å²) in [5, 5.41) is 0. The first-order valence-corrected chi connectivity index (χ1v) is 17.9. The van der Waals surface area contributed by atoms with Crippen LogP contribution in [0, 0.1) is 0 Å². The maximum absolute atomic E-state index is 7.07. The molecule has 3 aromatic carbocycles. The lowest BCUT2D eigenvalue weighted by atomic mass is 9.80. The number of hydrogen-bond donors (Lipinski definition) is 0. The topological polar surface area (TPSA) is 12.5 Å². The van der Waals surface area contributed by atoms with Crippen molar-refractivity contribution in [1.29, 1.82) is 0 Å². The number of halogens is 1. The first-order chi connectivity index (χ1) is 20.6. The number of unbranched alkanes of at least 4 members (excludes halogenated alkanes) is 11. The Labute approximate surface area is 275 Å². The van der Waals surface area contributed by atoms with Crippen LogP contribution in [0.2, 0.25) is 0 Å². The van der Waals surface area contributed by atoms with Gasteiger partial charge in [0.15, 0.2) is 0 Å². The van der Waals surface area contributed by atoms with Crippen LogP contribution in [0.15, 0.2) is 91.0 Å². The number of nitrogens with zero attached hydrogens (tertiary/aromatic N) is 1. The van der Waals surface area contributed by atoms with Gasteiger partial charge < -0.3 is 9.64 Å². The van der Waals surface area contributed by atoms with Crippen molar-refractivity contribution in [3.63, 3.8) is 0 Å². The quantitative estimate of drug-likeness (QED) is 0.0361. The van der Waals surface area contributed by atoms with Crippen LogP contribution in [0.5, 0.6) is 0 Å². The van der Waals surface area contributed by atoms with Crippen molar-refractivity contribution in [2.24, 2.45) is 0 Å². The van der Waals surface area contributed by atoms with Crippen molar-refractivity contribution in [2.75, 3.05) is 19.7 Å². The molecule has 0 aliphatic rings. The Kier molecular flexibility index (Phi) is 16.7. The van der Waals surface area contributed by atoms with E-state index in [4.69, 9.17) is 17.0 Å². The Morgan fingerprint density at radius 2 is 1.05 bits per heavy atom. The first-order valence-electron chi connectivity index (χ1n) is 16.3. The largest absolute Gasteiger partial charge is 0.365 e. The van der Waals surface area contributed by atoms with Crippen molar-refractivity contribution in [1.82, 2.24) is 4.90 Å². The smallest absolute Gasteiger partial charge is 0.143 e. The third-order valence-corrected chi connectivity index (χ3v) is 9.18. The van der Waals surface area contributed by atoms with Crippen LogP contribution in [0.25, 0.3) is 0 Å². The van der Waals surface area contributed by atoms with E-state index < -0.39 is 5.60 Å². The van der Waals surface area contributed by atoms with Crippen LogP contribution in [0.4, 0.5) is 0 Å². The van der Waals surface area contributed by atoms with Crippen molar-refractivity contribution < 1.29 is 4.74 Å². The highest BCUT2D eigenvalue weighted by atomic mass is 127. The van der Waals surface area contributed by atoms with Crippen molar-refractivity contribution >= 4 is 39.8 Å². The van der Waals surface area contributed by atoms with Crippen molar-refractivity contribution in [3.05, 3.63) is 108 Å². The molecule has 0 fully saturated rings. The molecule has 3 aromatic rings. The molecule has 0 bridgehead atoms. The number of alkyl halides is 1. The molecule has 4 heteroatoms. The molecule has 0 aromatic heterocycles. The van der Waals surface area contributed by atoms with Gasteiger partial charge in [-0.1, -0.05) is 203 Å². The highest BCUT2D eigenvalue weighted by molar-refractivity contribution is 14.1. The van der Waals surface area contributed by atoms with Crippen LogP contribution in [0.1, 0.15) is 108 Å². The Balaban J connectivity index is 1.54. The number of hydrogen-bond acceptors (Lipinski definition) is 2. The van der Waals surface area contributed by atoms with E-state index in [0.29, 0.717) is 10.5 Å². The molecule has 0 saturated heterocycles. The first kappa shape index (κ1) is 34.7. The fraction of sp³-hybridized carbons (Fsp3) is 0.500. The maximum atomic E-state index is 7.07. The molecule has 0 spiro atoms. The third-order valence-electron chi connectivity index (χ3n) is 8.17. The number of thiocarbonyl (C=S) groups is 1. The molecular formula is C38H52INOS. The second-order valence-electron chi connectivity index (χ2n) is 11.5. The molecule has 42 heavy (non-hydrogen) atoms. The standard InChI is InChI=1S/C38H52INOS/c1-3-4-5-6-7-8-9-10-11-12-13-23-30-40(33(2)42)31-37(39)32-41-38(34-24-17-14-18-25-34,35-26-19-15-20-27-35)36-28-21-16-22-29-36/h14-22,24-29,37H,3-13,23,30-32H2,1-2H3. The molecule has 0 radical (unpaired) electrons. The predicted octanol–water partition coefficient (Wildman–Crippen LogP) is 11.1. The van der Waals surface area contributed by atoms with Gasteiger partial charge in [-0.15, -0.1) is 0 Å². The van der Waals surface area contributed by atoms with Crippen LogP contribution in [-0.2, 0) is 10.3 Å². The molecule has 3 rings (SSSR count). The lowest BCUT2D eigenvalue weighted by molar-refractivity contribution is 0.0139. The van der Waals surface area contributed by atoms with Gasteiger partial charge in [-0.3, -0.25) is 0 Å². The maximum Gasteiger partial charge on any atom is 0.143 e. The lowest BCUT2D eigenvalue weighted by Crippen LogP contribution is -2.39. The van der Waals surface area contributed by atoms with E-state index in [-0.39, 0.29) is 0 Å². The summed E-state index contributed by atoms with van der Waals surface area (Å²) >= 11 is 8.25. The van der Waals surface area contributed by atoms with Gasteiger partial charge in [0.2, 0.25) is 0 Å². The number of benzene rings is 3. The molecule has 1 atom stereocenters. The van der Waals surface area contributed by atoms with Gasteiger partial charge in [0.25, 0.3) is 0 Å². The third kappa shape index (κ3) is 11.4. The zero-order valence-electron chi connectivity index (χ0n) is 26.0. The minimum Gasteiger partial charge on any atom is -0.365 e. The lowest BCUT2D eigenvalue weighted by Gasteiger charge is -2.37. The van der Waals surface area contributed by atoms with E-state index in [1.54, 1.807) is 0 Å². The van der Waals surface area contributed by atoms with E-state index in [9.17, 15) is 0 Å². The van der Waals surface area contributed by atoms with Gasteiger partial charge >= 0.3 is 0 Å². The minimum absolute atomic E-state index is 0.299. The Morgan fingerprint density at radius 1 is 0.667 bits per heavy atom. The summed E-state index contributed by atoms with van der Waals surface area (Å²) in [6, 6.07) is 31.9. The molecular weight excluding hydrogens is 645 g/mol. The summed E-state index contributed by atoms with van der Waals surface area (Å²) in [6.07, 6.45) is 16.4. The Bertz CT molecular complexity index is 1010. The molecule has 0 aliphatic heterocycles. The Hall–Kier alpha value is -1.76. The van der Waals surface area contributed by atoms with Crippen LogP contribution in [-0.4, -0.2) is 33.5 Å². The molecule has 228 valence electrons.